The zero-order valence-corrected chi connectivity index (χ0v) is 11.9. The van der Waals surface area contributed by atoms with Crippen LogP contribution < -0.4 is 5.32 Å². The van der Waals surface area contributed by atoms with Gasteiger partial charge in [-0.15, -0.1) is 0 Å². The predicted octanol–water partition coefficient (Wildman–Crippen LogP) is 4.38. The van der Waals surface area contributed by atoms with Crippen LogP contribution in [0.15, 0.2) is 55.4 Å². The number of fused-ring (bicyclic) bond motifs is 1. The van der Waals surface area contributed by atoms with Gasteiger partial charge in [0.15, 0.2) is 0 Å². The number of nitrogens with zero attached hydrogens (tertiary/aromatic N) is 2. The molecule has 0 fully saturated rings. The molecule has 0 radical (unpaired) electrons. The number of nitrogens with one attached hydrogen (secondary N) is 1. The lowest BCUT2D eigenvalue weighted by atomic mass is 10.2. The van der Waals surface area contributed by atoms with Crippen LogP contribution in [0.25, 0.3) is 11.3 Å². The van der Waals surface area contributed by atoms with E-state index in [-0.39, 0.29) is 0 Å². The van der Waals surface area contributed by atoms with Gasteiger partial charge in [0.2, 0.25) is 0 Å². The molecule has 0 saturated carbocycles. The van der Waals surface area contributed by atoms with Crippen molar-refractivity contribution in [1.82, 2.24) is 9.38 Å². The molecule has 0 amide bonds. The Morgan fingerprint density at radius 2 is 1.90 bits per heavy atom. The van der Waals surface area contributed by atoms with E-state index >= 15 is 0 Å². The van der Waals surface area contributed by atoms with Crippen LogP contribution in [-0.2, 0) is 0 Å². The maximum Gasteiger partial charge on any atom is 0.137 e. The Balaban J connectivity index is 1.86. The normalized spacial score (nSPS) is 10.7. The lowest BCUT2D eigenvalue weighted by Gasteiger charge is -2.07. The quantitative estimate of drug-likeness (QED) is 0.773. The summed E-state index contributed by atoms with van der Waals surface area (Å²) in [5.74, 6) is 0. The second-order valence-corrected chi connectivity index (χ2v) is 5.14. The Morgan fingerprint density at radius 3 is 2.65 bits per heavy atom. The van der Waals surface area contributed by atoms with Crippen molar-refractivity contribution in [3.8, 4) is 0 Å². The third-order valence-corrected chi connectivity index (χ3v) is 3.29. The summed E-state index contributed by atoms with van der Waals surface area (Å²) in [5, 5.41) is 3.94. The molecular weight excluding hydrogens is 270 g/mol. The molecule has 0 aliphatic carbocycles. The second-order valence-electron chi connectivity index (χ2n) is 4.71. The number of benzene rings is 1. The summed E-state index contributed by atoms with van der Waals surface area (Å²) in [6, 6.07) is 11.9. The molecule has 0 spiro atoms. The van der Waals surface area contributed by atoms with E-state index in [4.69, 9.17) is 11.6 Å². The number of pyridine rings is 1. The van der Waals surface area contributed by atoms with Gasteiger partial charge in [-0.2, -0.15) is 0 Å². The number of hydrogen-bond acceptors (Lipinski definition) is 2. The third-order valence-electron chi connectivity index (χ3n) is 3.07. The van der Waals surface area contributed by atoms with Crippen molar-refractivity contribution in [2.45, 2.75) is 6.92 Å². The molecule has 2 heterocycles. The van der Waals surface area contributed by atoms with E-state index < -0.39 is 0 Å². The molecule has 0 bridgehead atoms. The number of aromatic nitrogens is 2. The van der Waals surface area contributed by atoms with Crippen LogP contribution in [-0.4, -0.2) is 9.38 Å². The average molecular weight is 284 g/mol. The predicted molar refractivity (Wildman–Crippen MR) is 84.0 cm³/mol. The van der Waals surface area contributed by atoms with E-state index in [1.807, 2.05) is 41.1 Å². The molecule has 3 rings (SSSR count). The van der Waals surface area contributed by atoms with E-state index in [9.17, 15) is 0 Å². The van der Waals surface area contributed by atoms with Crippen LogP contribution in [0.5, 0.6) is 0 Å². The third kappa shape index (κ3) is 2.53. The van der Waals surface area contributed by atoms with Crippen molar-refractivity contribution in [2.75, 3.05) is 5.32 Å². The summed E-state index contributed by atoms with van der Waals surface area (Å²) in [7, 11) is 0. The standard InChI is InChI=1S/C16H14ClN3/c1-11-3-6-14(7-4-11)18-12(2)15-10-20-9-13(17)5-8-16(20)19-15/h3-10,18H,2H2,1H3. The van der Waals surface area contributed by atoms with Gasteiger partial charge in [-0.25, -0.2) is 4.98 Å². The number of aryl methyl sites for hydroxylation is 1. The molecule has 0 aliphatic rings. The van der Waals surface area contributed by atoms with Gasteiger partial charge in [-0.1, -0.05) is 35.9 Å². The SMILES string of the molecule is C=C(Nc1ccc(C)cc1)c1cn2cc(Cl)ccc2n1. The molecule has 2 aromatic heterocycles. The first-order chi connectivity index (χ1) is 9.61. The first-order valence-corrected chi connectivity index (χ1v) is 6.67. The number of anilines is 1. The Morgan fingerprint density at radius 1 is 1.15 bits per heavy atom. The number of rotatable bonds is 3. The highest BCUT2D eigenvalue weighted by molar-refractivity contribution is 6.30. The molecule has 0 saturated heterocycles. The number of imidazole rings is 1. The van der Waals surface area contributed by atoms with E-state index in [1.54, 1.807) is 0 Å². The van der Waals surface area contributed by atoms with Gasteiger partial charge < -0.3 is 9.72 Å². The van der Waals surface area contributed by atoms with Crippen molar-refractivity contribution >= 4 is 28.6 Å². The van der Waals surface area contributed by atoms with E-state index in [0.29, 0.717) is 5.02 Å². The van der Waals surface area contributed by atoms with E-state index in [0.717, 1.165) is 22.7 Å². The van der Waals surface area contributed by atoms with Crippen molar-refractivity contribution in [1.29, 1.82) is 0 Å². The van der Waals surface area contributed by atoms with Crippen molar-refractivity contribution in [3.05, 3.63) is 71.7 Å². The molecule has 100 valence electrons. The van der Waals surface area contributed by atoms with Crippen LogP contribution in [0.1, 0.15) is 11.3 Å². The lowest BCUT2D eigenvalue weighted by molar-refractivity contribution is 1.19. The van der Waals surface area contributed by atoms with Gasteiger partial charge in [0.1, 0.15) is 11.3 Å². The fraction of sp³-hybridized carbons (Fsp3) is 0.0625. The fourth-order valence-electron chi connectivity index (χ4n) is 1.99. The largest absolute Gasteiger partial charge is 0.354 e. The molecule has 3 nitrogen and oxygen atoms in total. The van der Waals surface area contributed by atoms with Crippen LogP contribution in [0.4, 0.5) is 5.69 Å². The average Bonchev–Trinajstić information content (AvgIpc) is 2.84. The number of halogens is 1. The minimum absolute atomic E-state index is 0.679. The maximum atomic E-state index is 5.97. The molecule has 0 unspecified atom stereocenters. The smallest absolute Gasteiger partial charge is 0.137 e. The highest BCUT2D eigenvalue weighted by Crippen LogP contribution is 2.19. The molecular formula is C16H14ClN3. The minimum Gasteiger partial charge on any atom is -0.354 e. The molecule has 3 aromatic rings. The Kier molecular flexibility index (Phi) is 3.20. The second kappa shape index (κ2) is 5.02. The van der Waals surface area contributed by atoms with Crippen LogP contribution >= 0.6 is 11.6 Å². The Hall–Kier alpha value is -2.26. The Labute approximate surface area is 122 Å². The molecule has 1 N–H and O–H groups in total. The molecule has 0 atom stereocenters. The van der Waals surface area contributed by atoms with Crippen molar-refractivity contribution in [2.24, 2.45) is 0 Å². The van der Waals surface area contributed by atoms with E-state index in [2.05, 4.69) is 35.9 Å². The minimum atomic E-state index is 0.679. The molecule has 20 heavy (non-hydrogen) atoms. The summed E-state index contributed by atoms with van der Waals surface area (Å²) in [5.41, 5.74) is 4.62. The summed E-state index contributed by atoms with van der Waals surface area (Å²) in [6.07, 6.45) is 3.73. The number of hydrogen-bond donors (Lipinski definition) is 1. The van der Waals surface area contributed by atoms with Gasteiger partial charge in [0.05, 0.1) is 10.7 Å². The maximum absolute atomic E-state index is 5.97. The van der Waals surface area contributed by atoms with Crippen LogP contribution in [0.2, 0.25) is 5.02 Å². The lowest BCUT2D eigenvalue weighted by Crippen LogP contribution is -1.97. The fourth-order valence-corrected chi connectivity index (χ4v) is 2.15. The highest BCUT2D eigenvalue weighted by Gasteiger charge is 2.06. The summed E-state index contributed by atoms with van der Waals surface area (Å²) in [6.45, 7) is 6.10. The summed E-state index contributed by atoms with van der Waals surface area (Å²) in [4.78, 5) is 4.51. The van der Waals surface area contributed by atoms with E-state index in [1.165, 1.54) is 5.56 Å². The topological polar surface area (TPSA) is 29.3 Å². The van der Waals surface area contributed by atoms with Gasteiger partial charge in [0.25, 0.3) is 0 Å². The van der Waals surface area contributed by atoms with Crippen molar-refractivity contribution in [3.63, 3.8) is 0 Å². The van der Waals surface area contributed by atoms with Gasteiger partial charge in [-0.05, 0) is 31.2 Å². The van der Waals surface area contributed by atoms with Gasteiger partial charge in [-0.3, -0.25) is 0 Å². The monoisotopic (exact) mass is 283 g/mol. The Bertz CT molecular complexity index is 772. The van der Waals surface area contributed by atoms with Crippen LogP contribution in [0.3, 0.4) is 0 Å². The summed E-state index contributed by atoms with van der Waals surface area (Å²) >= 11 is 5.97. The van der Waals surface area contributed by atoms with Gasteiger partial charge >= 0.3 is 0 Å². The zero-order valence-electron chi connectivity index (χ0n) is 11.1. The zero-order chi connectivity index (χ0) is 14.1. The highest BCUT2D eigenvalue weighted by atomic mass is 35.5. The molecule has 1 aromatic carbocycles. The van der Waals surface area contributed by atoms with Crippen LogP contribution in [0, 0.1) is 6.92 Å². The van der Waals surface area contributed by atoms with Crippen molar-refractivity contribution < 1.29 is 0 Å². The first-order valence-electron chi connectivity index (χ1n) is 6.29. The molecule has 4 heteroatoms. The summed E-state index contributed by atoms with van der Waals surface area (Å²) < 4.78 is 1.89. The van der Waals surface area contributed by atoms with Gasteiger partial charge in [0, 0.05) is 18.1 Å². The molecule has 0 aliphatic heterocycles. The first kappa shape index (κ1) is 12.8.